The number of halogens is 2. The summed E-state index contributed by atoms with van der Waals surface area (Å²) in [5.41, 5.74) is 0.0147. The molecule has 1 aromatic carbocycles. The summed E-state index contributed by atoms with van der Waals surface area (Å²) in [4.78, 5) is 25.7. The van der Waals surface area contributed by atoms with Crippen molar-refractivity contribution in [2.75, 3.05) is 38.1 Å². The first-order valence-electron chi connectivity index (χ1n) is 7.87. The maximum Gasteiger partial charge on any atom is 0.313 e. The van der Waals surface area contributed by atoms with Gasteiger partial charge in [-0.15, -0.1) is 0 Å². The largest absolute Gasteiger partial charge is 0.395 e. The van der Waals surface area contributed by atoms with Crippen LogP contribution in [0.5, 0.6) is 0 Å². The predicted molar refractivity (Wildman–Crippen MR) is 84.2 cm³/mol. The molecule has 6 nitrogen and oxygen atoms in total. The number of rotatable bonds is 5. The average Bonchev–Trinajstić information content (AvgIpc) is 2.56. The molecule has 1 aromatic rings. The van der Waals surface area contributed by atoms with E-state index in [4.69, 9.17) is 5.11 Å². The molecule has 1 aliphatic rings. The molecular formula is C16H21F2N3O3. The maximum atomic E-state index is 13.1. The van der Waals surface area contributed by atoms with Crippen LogP contribution in [0.3, 0.4) is 0 Å². The number of likely N-dealkylation sites (tertiary alicyclic amines) is 1. The first-order valence-corrected chi connectivity index (χ1v) is 7.87. The number of nitrogens with one attached hydrogen (secondary N) is 2. The summed E-state index contributed by atoms with van der Waals surface area (Å²) in [7, 11) is 0. The highest BCUT2D eigenvalue weighted by Gasteiger charge is 2.21. The molecule has 1 aliphatic heterocycles. The SMILES string of the molecule is O=C(NCC1CCCN(CCO)C1)C(=O)Nc1ccc(F)c(F)c1. The molecule has 1 saturated heterocycles. The maximum absolute atomic E-state index is 13.1. The van der Waals surface area contributed by atoms with Crippen LogP contribution in [0.4, 0.5) is 14.5 Å². The van der Waals surface area contributed by atoms with E-state index in [0.29, 0.717) is 13.1 Å². The first-order chi connectivity index (χ1) is 11.5. The fourth-order valence-electron chi connectivity index (χ4n) is 2.74. The van der Waals surface area contributed by atoms with Gasteiger partial charge in [0.2, 0.25) is 0 Å². The lowest BCUT2D eigenvalue weighted by Crippen LogP contribution is -2.44. The lowest BCUT2D eigenvalue weighted by molar-refractivity contribution is -0.136. The van der Waals surface area contributed by atoms with E-state index in [1.54, 1.807) is 0 Å². The van der Waals surface area contributed by atoms with Gasteiger partial charge in [0.15, 0.2) is 11.6 Å². The molecule has 0 spiro atoms. The number of hydrogen-bond acceptors (Lipinski definition) is 4. The molecule has 0 aromatic heterocycles. The Balaban J connectivity index is 1.79. The van der Waals surface area contributed by atoms with E-state index >= 15 is 0 Å². The molecule has 0 aliphatic carbocycles. The smallest absolute Gasteiger partial charge is 0.313 e. The van der Waals surface area contributed by atoms with E-state index in [9.17, 15) is 18.4 Å². The van der Waals surface area contributed by atoms with Gasteiger partial charge in [0.05, 0.1) is 6.61 Å². The van der Waals surface area contributed by atoms with Crippen molar-refractivity contribution in [2.45, 2.75) is 12.8 Å². The van der Waals surface area contributed by atoms with E-state index in [-0.39, 0.29) is 18.2 Å². The minimum atomic E-state index is -1.10. The second kappa shape index (κ2) is 8.70. The van der Waals surface area contributed by atoms with Crippen LogP contribution in [-0.2, 0) is 9.59 Å². The van der Waals surface area contributed by atoms with Crippen molar-refractivity contribution in [1.82, 2.24) is 10.2 Å². The van der Waals surface area contributed by atoms with Gasteiger partial charge in [-0.05, 0) is 37.4 Å². The fraction of sp³-hybridized carbons (Fsp3) is 0.500. The Hall–Kier alpha value is -2.06. The molecule has 0 bridgehead atoms. The second-order valence-electron chi connectivity index (χ2n) is 5.83. The molecule has 0 saturated carbocycles. The van der Waals surface area contributed by atoms with Gasteiger partial charge >= 0.3 is 11.8 Å². The summed E-state index contributed by atoms with van der Waals surface area (Å²) in [6.07, 6.45) is 1.91. The Bertz CT molecular complexity index is 596. The number of benzene rings is 1. The van der Waals surface area contributed by atoms with Crippen molar-refractivity contribution < 1.29 is 23.5 Å². The highest BCUT2D eigenvalue weighted by Crippen LogP contribution is 2.15. The molecule has 1 heterocycles. The van der Waals surface area contributed by atoms with Gasteiger partial charge in [0.1, 0.15) is 0 Å². The molecular weight excluding hydrogens is 320 g/mol. The number of piperidine rings is 1. The molecule has 0 radical (unpaired) electrons. The number of nitrogens with zero attached hydrogens (tertiary/aromatic N) is 1. The summed E-state index contributed by atoms with van der Waals surface area (Å²) >= 11 is 0. The Kier molecular flexibility index (Phi) is 6.62. The lowest BCUT2D eigenvalue weighted by atomic mass is 9.98. The van der Waals surface area contributed by atoms with Crippen LogP contribution in [0.15, 0.2) is 18.2 Å². The molecule has 132 valence electrons. The topological polar surface area (TPSA) is 81.7 Å². The Labute approximate surface area is 138 Å². The highest BCUT2D eigenvalue weighted by atomic mass is 19.2. The van der Waals surface area contributed by atoms with E-state index in [1.807, 2.05) is 0 Å². The first kappa shape index (κ1) is 18.3. The van der Waals surface area contributed by atoms with Gasteiger partial charge in [-0.1, -0.05) is 0 Å². The molecule has 1 atom stereocenters. The van der Waals surface area contributed by atoms with Crippen LogP contribution in [0.1, 0.15) is 12.8 Å². The van der Waals surface area contributed by atoms with Crippen LogP contribution < -0.4 is 10.6 Å². The zero-order valence-corrected chi connectivity index (χ0v) is 13.2. The summed E-state index contributed by atoms with van der Waals surface area (Å²) in [5.74, 6) is -3.66. The monoisotopic (exact) mass is 341 g/mol. The van der Waals surface area contributed by atoms with Crippen LogP contribution in [0.25, 0.3) is 0 Å². The highest BCUT2D eigenvalue weighted by molar-refractivity contribution is 6.39. The summed E-state index contributed by atoms with van der Waals surface area (Å²) in [5, 5.41) is 13.7. The average molecular weight is 341 g/mol. The van der Waals surface area contributed by atoms with Crippen LogP contribution in [0.2, 0.25) is 0 Å². The van der Waals surface area contributed by atoms with E-state index < -0.39 is 23.4 Å². The standard InChI is InChI=1S/C16H21F2N3O3/c17-13-4-3-12(8-14(13)18)20-16(24)15(23)19-9-11-2-1-5-21(10-11)6-7-22/h3-4,8,11,22H,1-2,5-7,9-10H2,(H,19,23)(H,20,24). The number of hydrogen-bond donors (Lipinski definition) is 3. The minimum absolute atomic E-state index is 0.0147. The van der Waals surface area contributed by atoms with Crippen molar-refractivity contribution in [3.63, 3.8) is 0 Å². The molecule has 24 heavy (non-hydrogen) atoms. The van der Waals surface area contributed by atoms with Crippen molar-refractivity contribution in [3.8, 4) is 0 Å². The van der Waals surface area contributed by atoms with Gasteiger partial charge in [0, 0.05) is 31.4 Å². The Morgan fingerprint density at radius 1 is 1.25 bits per heavy atom. The molecule has 2 rings (SSSR count). The van der Waals surface area contributed by atoms with E-state index in [1.165, 1.54) is 6.07 Å². The fourth-order valence-corrected chi connectivity index (χ4v) is 2.74. The van der Waals surface area contributed by atoms with Crippen molar-refractivity contribution in [3.05, 3.63) is 29.8 Å². The van der Waals surface area contributed by atoms with Crippen LogP contribution in [0, 0.1) is 17.6 Å². The number of carbonyl (C=O) groups is 2. The summed E-state index contributed by atoms with van der Waals surface area (Å²) < 4.78 is 25.9. The third kappa shape index (κ3) is 5.24. The molecule has 3 N–H and O–H groups in total. The van der Waals surface area contributed by atoms with E-state index in [0.717, 1.165) is 38.1 Å². The predicted octanol–water partition coefficient (Wildman–Crippen LogP) is 0.724. The zero-order chi connectivity index (χ0) is 17.5. The third-order valence-corrected chi connectivity index (χ3v) is 3.95. The van der Waals surface area contributed by atoms with Crippen LogP contribution in [-0.4, -0.2) is 54.6 Å². The van der Waals surface area contributed by atoms with Crippen molar-refractivity contribution in [2.24, 2.45) is 5.92 Å². The van der Waals surface area contributed by atoms with Gasteiger partial charge < -0.3 is 20.6 Å². The normalized spacial score (nSPS) is 18.2. The number of aliphatic hydroxyl groups is 1. The summed E-state index contributed by atoms with van der Waals surface area (Å²) in [6, 6.07) is 2.87. The van der Waals surface area contributed by atoms with Gasteiger partial charge in [0.25, 0.3) is 0 Å². The number of anilines is 1. The van der Waals surface area contributed by atoms with E-state index in [2.05, 4.69) is 15.5 Å². The van der Waals surface area contributed by atoms with Crippen molar-refractivity contribution >= 4 is 17.5 Å². The van der Waals surface area contributed by atoms with Crippen molar-refractivity contribution in [1.29, 1.82) is 0 Å². The molecule has 8 heteroatoms. The Morgan fingerprint density at radius 2 is 2.04 bits per heavy atom. The van der Waals surface area contributed by atoms with Crippen LogP contribution >= 0.6 is 0 Å². The number of β-amino-alcohol motifs (C(OH)–C–C–N with tert-alkyl or cyclic N) is 1. The number of carbonyl (C=O) groups excluding carboxylic acids is 2. The zero-order valence-electron chi connectivity index (χ0n) is 13.2. The quantitative estimate of drug-likeness (QED) is 0.690. The number of amides is 2. The molecule has 1 unspecified atom stereocenters. The third-order valence-electron chi connectivity index (χ3n) is 3.95. The van der Waals surface area contributed by atoms with Gasteiger partial charge in [-0.2, -0.15) is 0 Å². The van der Waals surface area contributed by atoms with Gasteiger partial charge in [-0.25, -0.2) is 8.78 Å². The summed E-state index contributed by atoms with van der Waals surface area (Å²) in [6.45, 7) is 2.72. The van der Waals surface area contributed by atoms with Gasteiger partial charge in [-0.3, -0.25) is 9.59 Å². The Morgan fingerprint density at radius 3 is 2.75 bits per heavy atom. The second-order valence-corrected chi connectivity index (χ2v) is 5.83. The lowest BCUT2D eigenvalue weighted by Gasteiger charge is -2.32. The molecule has 2 amide bonds. The number of aliphatic hydroxyl groups excluding tert-OH is 1. The molecule has 1 fully saturated rings. The minimum Gasteiger partial charge on any atom is -0.395 e.